The van der Waals surface area contributed by atoms with E-state index in [1.54, 1.807) is 12.1 Å². The molecule has 0 unspecified atom stereocenters. The Kier molecular flexibility index (Phi) is 4.68. The zero-order valence-corrected chi connectivity index (χ0v) is 12.6. The van der Waals surface area contributed by atoms with E-state index in [9.17, 15) is 9.90 Å². The van der Waals surface area contributed by atoms with Crippen LogP contribution in [0.3, 0.4) is 0 Å². The van der Waals surface area contributed by atoms with Gasteiger partial charge in [0, 0.05) is 23.3 Å². The second kappa shape index (κ2) is 6.48. The van der Waals surface area contributed by atoms with Crippen molar-refractivity contribution in [2.24, 2.45) is 0 Å². The fourth-order valence-electron chi connectivity index (χ4n) is 2.19. The van der Waals surface area contributed by atoms with Gasteiger partial charge in [0.2, 0.25) is 0 Å². The Morgan fingerprint density at radius 2 is 1.90 bits per heavy atom. The van der Waals surface area contributed by atoms with Crippen LogP contribution in [0.1, 0.15) is 32.3 Å². The van der Waals surface area contributed by atoms with E-state index in [4.69, 9.17) is 9.47 Å². The van der Waals surface area contributed by atoms with E-state index >= 15 is 0 Å². The molecule has 2 aromatic rings. The van der Waals surface area contributed by atoms with Crippen LogP contribution >= 0.6 is 0 Å². The molecule has 2 aromatic carbocycles. The lowest BCUT2D eigenvalue weighted by molar-refractivity contribution is -0.134. The second-order valence-electron chi connectivity index (χ2n) is 4.93. The molecule has 1 N–H and O–H groups in total. The highest BCUT2D eigenvalue weighted by atomic mass is 16.5. The van der Waals surface area contributed by atoms with Gasteiger partial charge in [0.1, 0.15) is 5.75 Å². The van der Waals surface area contributed by atoms with Crippen molar-refractivity contribution in [2.45, 2.75) is 33.6 Å². The molecule has 0 heterocycles. The van der Waals surface area contributed by atoms with Gasteiger partial charge in [0.15, 0.2) is 11.5 Å². The van der Waals surface area contributed by atoms with Crippen molar-refractivity contribution in [1.82, 2.24) is 0 Å². The van der Waals surface area contributed by atoms with Crippen molar-refractivity contribution in [1.29, 1.82) is 0 Å². The molecule has 0 radical (unpaired) electrons. The summed E-state index contributed by atoms with van der Waals surface area (Å²) in [6.07, 6.45) is 1.09. The third-order valence-electron chi connectivity index (χ3n) is 3.17. The molecular formula is C17H20O4. The van der Waals surface area contributed by atoms with Crippen molar-refractivity contribution in [3.05, 3.63) is 29.8 Å². The molecule has 0 amide bonds. The average molecular weight is 288 g/mol. The Morgan fingerprint density at radius 1 is 1.14 bits per heavy atom. The van der Waals surface area contributed by atoms with Gasteiger partial charge in [0.05, 0.1) is 6.61 Å². The number of ether oxygens (including phenoxy) is 2. The SMILES string of the molecule is CCCC(=O)Oc1cc(OCC)c(O)c2ccc(C)cc12. The van der Waals surface area contributed by atoms with Gasteiger partial charge < -0.3 is 14.6 Å². The molecule has 0 aliphatic carbocycles. The molecular weight excluding hydrogens is 268 g/mol. The van der Waals surface area contributed by atoms with Crippen LogP contribution in [-0.4, -0.2) is 17.7 Å². The van der Waals surface area contributed by atoms with Gasteiger partial charge in [-0.2, -0.15) is 0 Å². The highest BCUT2D eigenvalue weighted by molar-refractivity contribution is 5.97. The van der Waals surface area contributed by atoms with E-state index in [0.717, 1.165) is 12.0 Å². The molecule has 112 valence electrons. The number of esters is 1. The van der Waals surface area contributed by atoms with Gasteiger partial charge >= 0.3 is 5.97 Å². The van der Waals surface area contributed by atoms with Crippen molar-refractivity contribution >= 4 is 16.7 Å². The summed E-state index contributed by atoms with van der Waals surface area (Å²) in [5.41, 5.74) is 1.03. The van der Waals surface area contributed by atoms with Crippen LogP contribution in [-0.2, 0) is 4.79 Å². The topological polar surface area (TPSA) is 55.8 Å². The molecule has 0 bridgehead atoms. The summed E-state index contributed by atoms with van der Waals surface area (Å²) in [5.74, 6) is 0.539. The Morgan fingerprint density at radius 3 is 2.57 bits per heavy atom. The predicted octanol–water partition coefficient (Wildman–Crippen LogP) is 3.96. The summed E-state index contributed by atoms with van der Waals surface area (Å²) in [7, 11) is 0. The van der Waals surface area contributed by atoms with Crippen molar-refractivity contribution in [3.63, 3.8) is 0 Å². The predicted molar refractivity (Wildman–Crippen MR) is 82.1 cm³/mol. The molecule has 2 rings (SSSR count). The van der Waals surface area contributed by atoms with Crippen molar-refractivity contribution in [3.8, 4) is 17.2 Å². The lowest BCUT2D eigenvalue weighted by Gasteiger charge is -2.13. The zero-order valence-electron chi connectivity index (χ0n) is 12.6. The lowest BCUT2D eigenvalue weighted by atomic mass is 10.1. The number of fused-ring (bicyclic) bond motifs is 1. The smallest absolute Gasteiger partial charge is 0.311 e. The van der Waals surface area contributed by atoms with Gasteiger partial charge in [-0.25, -0.2) is 0 Å². The van der Waals surface area contributed by atoms with E-state index < -0.39 is 0 Å². The molecule has 0 aliphatic heterocycles. The van der Waals surface area contributed by atoms with Crippen LogP contribution in [0.4, 0.5) is 0 Å². The van der Waals surface area contributed by atoms with Crippen LogP contribution < -0.4 is 9.47 Å². The summed E-state index contributed by atoms with van der Waals surface area (Å²) in [4.78, 5) is 11.8. The minimum Gasteiger partial charge on any atom is -0.504 e. The summed E-state index contributed by atoms with van der Waals surface area (Å²) < 4.78 is 10.9. The van der Waals surface area contributed by atoms with E-state index in [2.05, 4.69) is 0 Å². The fourth-order valence-corrected chi connectivity index (χ4v) is 2.19. The number of aromatic hydroxyl groups is 1. The first-order chi connectivity index (χ1) is 10.1. The molecule has 4 nitrogen and oxygen atoms in total. The first-order valence-corrected chi connectivity index (χ1v) is 7.16. The molecule has 0 spiro atoms. The number of rotatable bonds is 5. The van der Waals surface area contributed by atoms with E-state index in [1.807, 2.05) is 32.9 Å². The third kappa shape index (κ3) is 3.27. The molecule has 0 aromatic heterocycles. The summed E-state index contributed by atoms with van der Waals surface area (Å²) >= 11 is 0. The van der Waals surface area contributed by atoms with E-state index in [0.29, 0.717) is 35.3 Å². The lowest BCUT2D eigenvalue weighted by Crippen LogP contribution is -2.07. The summed E-state index contributed by atoms with van der Waals surface area (Å²) in [6.45, 7) is 6.13. The van der Waals surface area contributed by atoms with Crippen LogP contribution in [0, 0.1) is 6.92 Å². The van der Waals surface area contributed by atoms with Crippen molar-refractivity contribution in [2.75, 3.05) is 6.61 Å². The summed E-state index contributed by atoms with van der Waals surface area (Å²) in [5, 5.41) is 11.6. The van der Waals surface area contributed by atoms with Crippen molar-refractivity contribution < 1.29 is 19.4 Å². The quantitative estimate of drug-likeness (QED) is 0.668. The number of aryl methyl sites for hydroxylation is 1. The van der Waals surface area contributed by atoms with Gasteiger partial charge in [-0.05, 0) is 26.3 Å². The van der Waals surface area contributed by atoms with Crippen LogP contribution in [0.15, 0.2) is 24.3 Å². The molecule has 0 aliphatic rings. The highest BCUT2D eigenvalue weighted by Crippen LogP contribution is 2.41. The van der Waals surface area contributed by atoms with Crippen LogP contribution in [0.25, 0.3) is 10.8 Å². The highest BCUT2D eigenvalue weighted by Gasteiger charge is 2.15. The molecule has 0 saturated heterocycles. The first kappa shape index (κ1) is 15.2. The second-order valence-corrected chi connectivity index (χ2v) is 4.93. The van der Waals surface area contributed by atoms with Gasteiger partial charge in [-0.3, -0.25) is 4.79 Å². The van der Waals surface area contributed by atoms with E-state index in [-0.39, 0.29) is 11.7 Å². The molecule has 21 heavy (non-hydrogen) atoms. The minimum absolute atomic E-state index is 0.0714. The van der Waals surface area contributed by atoms with Crippen LogP contribution in [0.5, 0.6) is 17.2 Å². The third-order valence-corrected chi connectivity index (χ3v) is 3.17. The number of carbonyl (C=O) groups excluding carboxylic acids is 1. The Balaban J connectivity index is 2.57. The number of hydrogen-bond donors (Lipinski definition) is 1. The number of phenols is 1. The maximum atomic E-state index is 11.8. The molecule has 4 heteroatoms. The molecule has 0 saturated carbocycles. The van der Waals surface area contributed by atoms with Gasteiger partial charge in [-0.1, -0.05) is 24.6 Å². The van der Waals surface area contributed by atoms with Gasteiger partial charge in [0.25, 0.3) is 0 Å². The summed E-state index contributed by atoms with van der Waals surface area (Å²) in [6, 6.07) is 7.17. The largest absolute Gasteiger partial charge is 0.504 e. The fraction of sp³-hybridized carbons (Fsp3) is 0.353. The number of hydrogen-bond acceptors (Lipinski definition) is 4. The monoisotopic (exact) mass is 288 g/mol. The Hall–Kier alpha value is -2.23. The zero-order chi connectivity index (χ0) is 15.4. The number of phenolic OH excluding ortho intramolecular Hbond substituents is 1. The standard InChI is InChI=1S/C17H20O4/c1-4-6-16(18)21-14-10-15(20-5-2)17(19)12-8-7-11(3)9-13(12)14/h7-10,19H,4-6H2,1-3H3. The average Bonchev–Trinajstić information content (AvgIpc) is 2.44. The number of benzene rings is 2. The van der Waals surface area contributed by atoms with E-state index in [1.165, 1.54) is 0 Å². The number of carbonyl (C=O) groups is 1. The normalized spacial score (nSPS) is 10.6. The first-order valence-electron chi connectivity index (χ1n) is 7.16. The Bertz CT molecular complexity index is 661. The van der Waals surface area contributed by atoms with Gasteiger partial charge in [-0.15, -0.1) is 0 Å². The maximum Gasteiger partial charge on any atom is 0.311 e. The molecule has 0 fully saturated rings. The minimum atomic E-state index is -0.284. The van der Waals surface area contributed by atoms with Crippen LogP contribution in [0.2, 0.25) is 0 Å². The Labute approximate surface area is 124 Å². The molecule has 0 atom stereocenters. The maximum absolute atomic E-state index is 11.8.